The molecule has 1 heteroatoms. The van der Waals surface area contributed by atoms with Gasteiger partial charge >= 0.3 is 0 Å². The summed E-state index contributed by atoms with van der Waals surface area (Å²) in [5.41, 5.74) is 12.0. The van der Waals surface area contributed by atoms with Gasteiger partial charge in [0.05, 0.1) is 5.52 Å². The fourth-order valence-corrected chi connectivity index (χ4v) is 6.17. The van der Waals surface area contributed by atoms with Crippen LogP contribution in [0.5, 0.6) is 0 Å². The van der Waals surface area contributed by atoms with E-state index in [2.05, 4.69) is 72.3 Å². The number of hydrogen-bond donors (Lipinski definition) is 0. The van der Waals surface area contributed by atoms with Crippen LogP contribution < -0.4 is 0 Å². The average Bonchev–Trinajstić information content (AvgIpc) is 3.30. The van der Waals surface area contributed by atoms with Crippen molar-refractivity contribution in [1.29, 1.82) is 0 Å². The van der Waals surface area contributed by atoms with E-state index in [9.17, 15) is 0 Å². The van der Waals surface area contributed by atoms with Crippen molar-refractivity contribution in [2.45, 2.75) is 32.1 Å². The van der Waals surface area contributed by atoms with Gasteiger partial charge in [-0.25, -0.2) is 0 Å². The molecule has 4 aromatic rings. The zero-order valence-electron chi connectivity index (χ0n) is 16.8. The van der Waals surface area contributed by atoms with Gasteiger partial charge in [-0.1, -0.05) is 54.6 Å². The third-order valence-corrected chi connectivity index (χ3v) is 7.38. The highest BCUT2D eigenvalue weighted by molar-refractivity contribution is 6.24. The first kappa shape index (κ1) is 15.8. The van der Waals surface area contributed by atoms with Crippen LogP contribution in [0.3, 0.4) is 0 Å². The van der Waals surface area contributed by atoms with Crippen LogP contribution in [0.15, 0.2) is 60.2 Å². The van der Waals surface area contributed by atoms with Crippen molar-refractivity contribution in [3.05, 3.63) is 82.5 Å². The van der Waals surface area contributed by atoms with Crippen LogP contribution in [0, 0.1) is 0 Å². The molecule has 0 radical (unpaired) electrons. The lowest BCUT2D eigenvalue weighted by Crippen LogP contribution is -2.02. The molecular formula is C28H23N. The van der Waals surface area contributed by atoms with Crippen LogP contribution in [-0.4, -0.2) is 4.57 Å². The van der Waals surface area contributed by atoms with Crippen LogP contribution in [0.25, 0.3) is 44.2 Å². The monoisotopic (exact) mass is 373 g/mol. The Hall–Kier alpha value is -3.06. The number of benzene rings is 3. The predicted octanol–water partition coefficient (Wildman–Crippen LogP) is 7.10. The second-order valence-corrected chi connectivity index (χ2v) is 8.77. The van der Waals surface area contributed by atoms with Gasteiger partial charge in [0, 0.05) is 23.3 Å². The number of allylic oxidation sites excluding steroid dienone is 5. The minimum absolute atomic E-state index is 1.09. The topological polar surface area (TPSA) is 4.93 Å². The van der Waals surface area contributed by atoms with E-state index in [0.29, 0.717) is 0 Å². The molecule has 0 amide bonds. The zero-order valence-corrected chi connectivity index (χ0v) is 16.8. The Morgan fingerprint density at radius 1 is 0.793 bits per heavy atom. The van der Waals surface area contributed by atoms with Crippen molar-refractivity contribution < 1.29 is 0 Å². The molecule has 29 heavy (non-hydrogen) atoms. The molecule has 0 spiro atoms. The summed E-state index contributed by atoms with van der Waals surface area (Å²) in [5, 5.41) is 5.79. The maximum absolute atomic E-state index is 2.43. The number of nitrogens with zero attached hydrogens (tertiary/aromatic N) is 1. The van der Waals surface area contributed by atoms with E-state index in [1.165, 1.54) is 56.5 Å². The summed E-state index contributed by atoms with van der Waals surface area (Å²) < 4.78 is 2.43. The quantitative estimate of drug-likeness (QED) is 0.310. The maximum atomic E-state index is 2.43. The minimum atomic E-state index is 1.09. The van der Waals surface area contributed by atoms with E-state index in [0.717, 1.165) is 19.3 Å². The molecule has 0 aliphatic heterocycles. The zero-order chi connectivity index (χ0) is 19.1. The second kappa shape index (κ2) is 5.51. The summed E-state index contributed by atoms with van der Waals surface area (Å²) in [7, 11) is 2.24. The summed E-state index contributed by atoms with van der Waals surface area (Å²) in [6, 6.07) is 13.8. The standard InChI is InChI=1S/C28H23N/c1-29-25-13-7-6-12-22(25)27-23-15-14-19-18-9-3-2-8-17(18)16-24(19)26(23)20-10-4-5-11-21(20)28(27)29/h2,4,6-8,10,12-15H,3,5,9,11,16H2,1H3. The molecule has 7 rings (SSSR count). The van der Waals surface area contributed by atoms with Gasteiger partial charge in [-0.2, -0.15) is 0 Å². The van der Waals surface area contributed by atoms with Gasteiger partial charge < -0.3 is 4.57 Å². The lowest BCUT2D eigenvalue weighted by molar-refractivity contribution is 0.956. The molecule has 3 aliphatic rings. The third-order valence-electron chi connectivity index (χ3n) is 7.38. The van der Waals surface area contributed by atoms with Gasteiger partial charge in [-0.15, -0.1) is 0 Å². The van der Waals surface area contributed by atoms with Crippen LogP contribution in [-0.2, 0) is 19.9 Å². The number of fused-ring (bicyclic) bond motifs is 11. The van der Waals surface area contributed by atoms with E-state index < -0.39 is 0 Å². The Bertz CT molecular complexity index is 1470. The molecule has 0 atom stereocenters. The van der Waals surface area contributed by atoms with Crippen LogP contribution >= 0.6 is 0 Å². The Morgan fingerprint density at radius 2 is 1.66 bits per heavy atom. The molecular weight excluding hydrogens is 350 g/mol. The van der Waals surface area contributed by atoms with Crippen molar-refractivity contribution in [3.8, 4) is 0 Å². The smallest absolute Gasteiger partial charge is 0.0533 e. The maximum Gasteiger partial charge on any atom is 0.0533 e. The SMILES string of the molecule is Cn1c2ccccc2c2c3ccc4c(c3c3c(c21)CCC=C3)CC1=C4CCC=C1. The van der Waals surface area contributed by atoms with Crippen molar-refractivity contribution in [1.82, 2.24) is 4.57 Å². The number of aryl methyl sites for hydroxylation is 2. The summed E-state index contributed by atoms with van der Waals surface area (Å²) >= 11 is 0. The van der Waals surface area contributed by atoms with Crippen molar-refractivity contribution in [3.63, 3.8) is 0 Å². The van der Waals surface area contributed by atoms with Gasteiger partial charge in [-0.05, 0) is 82.3 Å². The van der Waals surface area contributed by atoms with Crippen molar-refractivity contribution >= 4 is 44.2 Å². The summed E-state index contributed by atoms with van der Waals surface area (Å²) in [5.74, 6) is 0. The van der Waals surface area contributed by atoms with E-state index in [1.54, 1.807) is 22.3 Å². The first-order valence-corrected chi connectivity index (χ1v) is 10.9. The fraction of sp³-hybridized carbons (Fsp3) is 0.214. The molecule has 0 saturated carbocycles. The van der Waals surface area contributed by atoms with Gasteiger partial charge in [0.2, 0.25) is 0 Å². The normalized spacial score (nSPS) is 17.4. The number of para-hydroxylation sites is 1. The van der Waals surface area contributed by atoms with Crippen molar-refractivity contribution in [2.24, 2.45) is 7.05 Å². The number of aromatic nitrogens is 1. The summed E-state index contributed by atoms with van der Waals surface area (Å²) in [6.07, 6.45) is 15.3. The molecule has 1 nitrogen and oxygen atoms in total. The fourth-order valence-electron chi connectivity index (χ4n) is 6.17. The van der Waals surface area contributed by atoms with Gasteiger partial charge in [0.1, 0.15) is 0 Å². The highest BCUT2D eigenvalue weighted by Gasteiger charge is 2.27. The molecule has 3 aliphatic carbocycles. The number of rotatable bonds is 0. The lowest BCUT2D eigenvalue weighted by atomic mass is 9.85. The van der Waals surface area contributed by atoms with E-state index in [1.807, 2.05) is 0 Å². The van der Waals surface area contributed by atoms with Crippen LogP contribution in [0.2, 0.25) is 0 Å². The molecule has 140 valence electrons. The second-order valence-electron chi connectivity index (χ2n) is 8.77. The van der Waals surface area contributed by atoms with Crippen LogP contribution in [0.1, 0.15) is 41.5 Å². The van der Waals surface area contributed by atoms with Crippen molar-refractivity contribution in [2.75, 3.05) is 0 Å². The molecule has 0 fully saturated rings. The molecule has 0 unspecified atom stereocenters. The third kappa shape index (κ3) is 1.91. The van der Waals surface area contributed by atoms with Gasteiger partial charge in [-0.3, -0.25) is 0 Å². The molecule has 0 bridgehead atoms. The Kier molecular flexibility index (Phi) is 3.00. The Labute approximate surface area is 170 Å². The first-order chi connectivity index (χ1) is 14.3. The predicted molar refractivity (Wildman–Crippen MR) is 124 cm³/mol. The van der Waals surface area contributed by atoms with Gasteiger partial charge in [0.15, 0.2) is 0 Å². The van der Waals surface area contributed by atoms with Gasteiger partial charge in [0.25, 0.3) is 0 Å². The Balaban J connectivity index is 1.72. The molecule has 3 aromatic carbocycles. The summed E-state index contributed by atoms with van der Waals surface area (Å²) in [6.45, 7) is 0. The molecule has 1 aromatic heterocycles. The molecule has 1 heterocycles. The highest BCUT2D eigenvalue weighted by Crippen LogP contribution is 2.47. The van der Waals surface area contributed by atoms with Crippen LogP contribution in [0.4, 0.5) is 0 Å². The Morgan fingerprint density at radius 3 is 2.62 bits per heavy atom. The van der Waals surface area contributed by atoms with E-state index in [-0.39, 0.29) is 0 Å². The molecule has 0 saturated heterocycles. The average molecular weight is 373 g/mol. The largest absolute Gasteiger partial charge is 0.343 e. The molecule has 0 N–H and O–H groups in total. The minimum Gasteiger partial charge on any atom is -0.343 e. The number of hydrogen-bond acceptors (Lipinski definition) is 0. The highest BCUT2D eigenvalue weighted by atomic mass is 14.9. The lowest BCUT2D eigenvalue weighted by Gasteiger charge is -2.20. The van der Waals surface area contributed by atoms with E-state index in [4.69, 9.17) is 0 Å². The summed E-state index contributed by atoms with van der Waals surface area (Å²) in [4.78, 5) is 0. The van der Waals surface area contributed by atoms with E-state index >= 15 is 0 Å². The first-order valence-electron chi connectivity index (χ1n) is 10.9.